The SMILES string of the molecule is C/C=C/C[C@@H](C)[C@@H](O)[C@H]1C(=O)N[C@@H](CC)C(=O)N(C)CC(=O)N(C)[C@@H](CC(C)C)C(=S)N[C@@H](C(C)C)C(=O)N(C)[C@@H](CC(C)C)C(=O)N[C@@H](C)C(=S)N[C@H](C)C(=O)N(C)[C@@H](CC(C)C)C(=O)N(C)[C@@H](CC(C)C)C(=O)N(C)[C@@H](C(C)C)C(=O)N1C. The molecule has 1 saturated heterocycles. The lowest BCUT2D eigenvalue weighted by Gasteiger charge is -2.41. The minimum Gasteiger partial charge on any atom is -0.390 e. The molecule has 0 unspecified atom stereocenters. The first-order valence-corrected chi connectivity index (χ1v) is 31.4. The molecule has 0 saturated carbocycles. The van der Waals surface area contributed by atoms with Gasteiger partial charge in [-0.1, -0.05) is 134 Å². The third kappa shape index (κ3) is 22.1. The molecule has 9 amide bonds. The van der Waals surface area contributed by atoms with E-state index < -0.39 is 138 Å². The number of carbonyl (C=O) groups excluding carboxylic acids is 9. The highest BCUT2D eigenvalue weighted by Crippen LogP contribution is 2.26. The molecule has 1 fully saturated rings. The average molecular weight is 1230 g/mol. The number of allylic oxidation sites excluding steroid dienone is 2. The van der Waals surface area contributed by atoms with Gasteiger partial charge in [0.25, 0.3) is 0 Å². The lowest BCUT2D eigenvalue weighted by molar-refractivity contribution is -0.157. The van der Waals surface area contributed by atoms with E-state index in [1.54, 1.807) is 61.7 Å². The molecule has 85 heavy (non-hydrogen) atoms. The molecule has 0 aliphatic carbocycles. The van der Waals surface area contributed by atoms with Gasteiger partial charge in [0, 0.05) is 49.3 Å². The smallest absolute Gasteiger partial charge is 0.246 e. The van der Waals surface area contributed by atoms with Gasteiger partial charge in [0.15, 0.2) is 0 Å². The van der Waals surface area contributed by atoms with Gasteiger partial charge in [-0.15, -0.1) is 0 Å². The Labute approximate surface area is 521 Å². The zero-order valence-electron chi connectivity index (χ0n) is 56.1. The second-order valence-electron chi connectivity index (χ2n) is 26.1. The van der Waals surface area contributed by atoms with E-state index in [0.29, 0.717) is 12.8 Å². The summed E-state index contributed by atoms with van der Waals surface area (Å²) in [4.78, 5) is 142. The first-order chi connectivity index (χ1) is 39.2. The fourth-order valence-corrected chi connectivity index (χ4v) is 11.3. The number of nitrogens with zero attached hydrogens (tertiary/aromatic N) is 7. The highest BCUT2D eigenvalue weighted by Gasteiger charge is 2.45. The van der Waals surface area contributed by atoms with Crippen molar-refractivity contribution in [2.24, 2.45) is 41.4 Å². The van der Waals surface area contributed by atoms with Crippen molar-refractivity contribution in [1.29, 1.82) is 0 Å². The van der Waals surface area contributed by atoms with Gasteiger partial charge in [0.2, 0.25) is 53.2 Å². The lowest BCUT2D eigenvalue weighted by atomic mass is 9.91. The van der Waals surface area contributed by atoms with E-state index in [-0.39, 0.29) is 65.2 Å². The van der Waals surface area contributed by atoms with Crippen molar-refractivity contribution in [2.75, 3.05) is 55.9 Å². The second-order valence-corrected chi connectivity index (χ2v) is 27.0. The number of thiocarbonyl (C=S) groups is 2. The summed E-state index contributed by atoms with van der Waals surface area (Å²) < 4.78 is 0. The van der Waals surface area contributed by atoms with Crippen molar-refractivity contribution < 1.29 is 48.3 Å². The molecule has 12 atom stereocenters. The van der Waals surface area contributed by atoms with E-state index in [1.807, 2.05) is 82.2 Å². The summed E-state index contributed by atoms with van der Waals surface area (Å²) in [7, 11) is 10.4. The molecule has 1 heterocycles. The van der Waals surface area contributed by atoms with Crippen LogP contribution in [-0.2, 0) is 43.2 Å². The van der Waals surface area contributed by atoms with Crippen molar-refractivity contribution in [2.45, 2.75) is 223 Å². The molecule has 1 aliphatic heterocycles. The molecule has 5 N–H and O–H groups in total. The van der Waals surface area contributed by atoms with Gasteiger partial charge in [0.05, 0.1) is 34.7 Å². The normalized spacial score (nSPS) is 26.9. The number of rotatable bonds is 15. The number of aliphatic hydroxyl groups is 1. The van der Waals surface area contributed by atoms with Gasteiger partial charge in [-0.2, -0.15) is 0 Å². The highest BCUT2D eigenvalue weighted by atomic mass is 32.1. The van der Waals surface area contributed by atoms with Crippen LogP contribution in [0.15, 0.2) is 12.2 Å². The quantitative estimate of drug-likeness (QED) is 0.109. The van der Waals surface area contributed by atoms with Gasteiger partial charge in [-0.25, -0.2) is 0 Å². The van der Waals surface area contributed by atoms with Gasteiger partial charge >= 0.3 is 0 Å². The number of nitrogens with one attached hydrogen (secondary N) is 4. The zero-order valence-corrected chi connectivity index (χ0v) is 57.7. The van der Waals surface area contributed by atoms with Crippen LogP contribution in [-0.4, -0.2) is 225 Å². The van der Waals surface area contributed by atoms with Crippen molar-refractivity contribution in [1.82, 2.24) is 55.6 Å². The van der Waals surface area contributed by atoms with Crippen LogP contribution >= 0.6 is 24.4 Å². The summed E-state index contributed by atoms with van der Waals surface area (Å²) in [6.07, 6.45) is 3.63. The van der Waals surface area contributed by atoms with Crippen molar-refractivity contribution in [3.63, 3.8) is 0 Å². The molecule has 0 spiro atoms. The molecule has 1 aliphatic rings. The molecule has 23 heteroatoms. The summed E-state index contributed by atoms with van der Waals surface area (Å²) in [5.74, 6) is -6.85. The average Bonchev–Trinajstić information content (AvgIpc) is 3.62. The van der Waals surface area contributed by atoms with E-state index in [4.69, 9.17) is 24.4 Å². The van der Waals surface area contributed by atoms with Crippen LogP contribution in [0.2, 0.25) is 0 Å². The van der Waals surface area contributed by atoms with E-state index in [0.717, 1.165) is 4.90 Å². The summed E-state index contributed by atoms with van der Waals surface area (Å²) >= 11 is 11.8. The minimum atomic E-state index is -1.57. The highest BCUT2D eigenvalue weighted by molar-refractivity contribution is 7.80. The lowest BCUT2D eigenvalue weighted by Crippen LogP contribution is -2.63. The topological polar surface area (TPSA) is 245 Å². The van der Waals surface area contributed by atoms with Gasteiger partial charge in [0.1, 0.15) is 48.3 Å². The van der Waals surface area contributed by atoms with Gasteiger partial charge in [-0.05, 0) is 101 Å². The van der Waals surface area contributed by atoms with Crippen LogP contribution in [0, 0.1) is 41.4 Å². The Morgan fingerprint density at radius 3 is 1.40 bits per heavy atom. The van der Waals surface area contributed by atoms with E-state index in [1.165, 1.54) is 64.6 Å². The molecule has 0 aromatic carbocycles. The van der Waals surface area contributed by atoms with Gasteiger partial charge in [-0.3, -0.25) is 43.2 Å². The van der Waals surface area contributed by atoms with Crippen LogP contribution in [0.3, 0.4) is 0 Å². The van der Waals surface area contributed by atoms with Gasteiger partial charge < -0.3 is 60.7 Å². The van der Waals surface area contributed by atoms with E-state index in [9.17, 15) is 33.9 Å². The number of carbonyl (C=O) groups is 9. The van der Waals surface area contributed by atoms with E-state index >= 15 is 14.4 Å². The number of hydrogen-bond donors (Lipinski definition) is 5. The monoisotopic (exact) mass is 1230 g/mol. The van der Waals surface area contributed by atoms with Crippen LogP contribution < -0.4 is 21.3 Å². The third-order valence-electron chi connectivity index (χ3n) is 16.1. The summed E-state index contributed by atoms with van der Waals surface area (Å²) in [5.41, 5.74) is 0. The number of amides is 9. The molecule has 486 valence electrons. The maximum atomic E-state index is 15.2. The van der Waals surface area contributed by atoms with Crippen molar-refractivity contribution in [3.8, 4) is 0 Å². The maximum absolute atomic E-state index is 15.2. The summed E-state index contributed by atoms with van der Waals surface area (Å²) in [6, 6.07) is -10.6. The Balaban J connectivity index is 4.32. The summed E-state index contributed by atoms with van der Waals surface area (Å²) in [6.45, 7) is 30.7. The van der Waals surface area contributed by atoms with E-state index in [2.05, 4.69) is 21.3 Å². The number of aliphatic hydroxyl groups excluding tert-OH is 1. The van der Waals surface area contributed by atoms with Crippen LogP contribution in [0.4, 0.5) is 0 Å². The van der Waals surface area contributed by atoms with Crippen molar-refractivity contribution in [3.05, 3.63) is 12.2 Å². The molecule has 0 radical (unpaired) electrons. The predicted octanol–water partition coefficient (Wildman–Crippen LogP) is 4.87. The molecular formula is C62H111N11O10S2. The Bertz CT molecular complexity index is 2330. The van der Waals surface area contributed by atoms with Crippen LogP contribution in [0.25, 0.3) is 0 Å². The number of likely N-dealkylation sites (N-methyl/N-ethyl adjacent to an activating group) is 7. The fourth-order valence-electron chi connectivity index (χ4n) is 10.7. The Morgan fingerprint density at radius 1 is 0.494 bits per heavy atom. The molecule has 0 aromatic heterocycles. The maximum Gasteiger partial charge on any atom is 0.246 e. The molecule has 0 bridgehead atoms. The third-order valence-corrected chi connectivity index (χ3v) is 16.9. The van der Waals surface area contributed by atoms with Crippen molar-refractivity contribution >= 4 is 87.6 Å². The van der Waals surface area contributed by atoms with Crippen LogP contribution in [0.1, 0.15) is 156 Å². The van der Waals surface area contributed by atoms with Crippen LogP contribution in [0.5, 0.6) is 0 Å². The molecular weight excluding hydrogens is 1120 g/mol. The Hall–Kier alpha value is -5.29. The molecule has 21 nitrogen and oxygen atoms in total. The first-order valence-electron chi connectivity index (χ1n) is 30.6. The molecule has 0 aromatic rings. The Morgan fingerprint density at radius 2 is 0.941 bits per heavy atom. The molecule has 1 rings (SSSR count). The summed E-state index contributed by atoms with van der Waals surface area (Å²) in [5, 5.41) is 24.2. The fraction of sp³-hybridized carbons (Fsp3) is 0.790. The standard InChI is InChI=1S/C62H111N11O10S2/c1-25-27-28-40(15)52(75)51-54(77)65-43(26-2)58(79)67(18)33-48(74)68(19)45(30-35(5)6)56(85)66-49(38(11)12)61(82)69(20)44(29-34(3)4)53(76)63-41(16)55(84)64-42(17)57(78)70(21)46(31-36(7)8)59(80)71(22)47(32-37(9)10)60(81)72(23)50(39(13)14)62(83)73(51)24/h25,27,34-47,49-52,75H,26,28-33H2,1-24H3,(H,63,76)(H,64,84)(H,65,77)(H,66,85)/b27-25+/t40-,41+,42-,43+,44+,45+,46+,47+,49+,50+,51+,52-/m1/s1. The Kier molecular flexibility index (Phi) is 32.5. The first kappa shape index (κ1) is 77.7. The second kappa shape index (κ2) is 35.5. The number of hydrogen-bond acceptors (Lipinski definition) is 12. The minimum absolute atomic E-state index is 0.0140. The zero-order chi connectivity index (χ0) is 66.0. The largest absolute Gasteiger partial charge is 0.390 e. The predicted molar refractivity (Wildman–Crippen MR) is 344 cm³/mol.